The van der Waals surface area contributed by atoms with Crippen LogP contribution >= 0.6 is 11.6 Å². The van der Waals surface area contributed by atoms with Crippen LogP contribution in [-0.2, 0) is 9.59 Å². The van der Waals surface area contributed by atoms with Gasteiger partial charge >= 0.3 is 0 Å². The van der Waals surface area contributed by atoms with Crippen molar-refractivity contribution >= 4 is 34.8 Å². The molecule has 0 heterocycles. The molecule has 0 spiro atoms. The molecule has 6 nitrogen and oxygen atoms in total. The van der Waals surface area contributed by atoms with E-state index in [4.69, 9.17) is 23.1 Å². The number of nitrogens with zero attached hydrogens (tertiary/aromatic N) is 1. The molecule has 0 aliphatic heterocycles. The van der Waals surface area contributed by atoms with Crippen molar-refractivity contribution in [3.05, 3.63) is 23.2 Å². The lowest BCUT2D eigenvalue weighted by Crippen LogP contribution is -2.35. The van der Waals surface area contributed by atoms with Crippen molar-refractivity contribution in [2.75, 3.05) is 30.7 Å². The van der Waals surface area contributed by atoms with E-state index in [1.165, 1.54) is 0 Å². The second-order valence-corrected chi connectivity index (χ2v) is 4.80. The molecule has 1 aromatic rings. The zero-order chi connectivity index (χ0) is 15.1. The van der Waals surface area contributed by atoms with Crippen LogP contribution in [0.25, 0.3) is 0 Å². The molecule has 0 saturated heterocycles. The van der Waals surface area contributed by atoms with E-state index in [0.717, 1.165) is 0 Å². The molecule has 0 unspecified atom stereocenters. The van der Waals surface area contributed by atoms with Crippen LogP contribution in [-0.4, -0.2) is 36.3 Å². The molecule has 0 aromatic heterocycles. The molecule has 0 aliphatic rings. The van der Waals surface area contributed by atoms with Gasteiger partial charge in [-0.15, -0.1) is 0 Å². The zero-order valence-corrected chi connectivity index (χ0v) is 12.1. The summed E-state index contributed by atoms with van der Waals surface area (Å²) in [5.74, 6) is -0.587. The van der Waals surface area contributed by atoms with Gasteiger partial charge in [-0.2, -0.15) is 0 Å². The molecule has 20 heavy (non-hydrogen) atoms. The summed E-state index contributed by atoms with van der Waals surface area (Å²) in [7, 11) is 0. The Morgan fingerprint density at radius 1 is 1.40 bits per heavy atom. The number of primary amides is 1. The van der Waals surface area contributed by atoms with Gasteiger partial charge in [0.25, 0.3) is 0 Å². The van der Waals surface area contributed by atoms with E-state index in [-0.39, 0.29) is 18.9 Å². The minimum absolute atomic E-state index is 0.146. The number of halogens is 1. The number of nitrogens with two attached hydrogens (primary N) is 2. The number of carbonyl (C=O) groups excluding carboxylic acids is 2. The molecule has 7 heteroatoms. The third-order valence-corrected chi connectivity index (χ3v) is 3.00. The number of benzene rings is 1. The quantitative estimate of drug-likeness (QED) is 0.655. The number of carbonyl (C=O) groups is 2. The highest BCUT2D eigenvalue weighted by Crippen LogP contribution is 2.22. The van der Waals surface area contributed by atoms with Gasteiger partial charge in [0.15, 0.2) is 0 Å². The molecule has 0 bridgehead atoms. The summed E-state index contributed by atoms with van der Waals surface area (Å²) in [6.45, 7) is 3.16. The van der Waals surface area contributed by atoms with Crippen LogP contribution in [0.5, 0.6) is 0 Å². The number of nitrogens with one attached hydrogen (secondary N) is 1. The summed E-state index contributed by atoms with van der Waals surface area (Å²) in [6, 6.07) is 4.87. The summed E-state index contributed by atoms with van der Waals surface area (Å²) < 4.78 is 0. The minimum atomic E-state index is -0.408. The van der Waals surface area contributed by atoms with Crippen LogP contribution in [0, 0.1) is 0 Å². The van der Waals surface area contributed by atoms with Gasteiger partial charge in [-0.3, -0.25) is 14.5 Å². The summed E-state index contributed by atoms with van der Waals surface area (Å²) >= 11 is 5.78. The zero-order valence-electron chi connectivity index (χ0n) is 11.4. The van der Waals surface area contributed by atoms with E-state index in [2.05, 4.69) is 5.32 Å². The highest BCUT2D eigenvalue weighted by Gasteiger charge is 2.10. The minimum Gasteiger partial charge on any atom is -0.397 e. The number of hydrogen-bond acceptors (Lipinski definition) is 4. The van der Waals surface area contributed by atoms with Crippen molar-refractivity contribution in [2.24, 2.45) is 5.73 Å². The van der Waals surface area contributed by atoms with Gasteiger partial charge in [0.1, 0.15) is 0 Å². The summed E-state index contributed by atoms with van der Waals surface area (Å²) in [6.07, 6.45) is 0.253. The van der Waals surface area contributed by atoms with Gasteiger partial charge < -0.3 is 16.8 Å². The molecular weight excluding hydrogens is 280 g/mol. The number of nitrogen functional groups attached to an aromatic ring is 1. The van der Waals surface area contributed by atoms with E-state index < -0.39 is 5.91 Å². The second-order valence-electron chi connectivity index (χ2n) is 4.36. The SMILES string of the molecule is CCN(CCC(=O)Nc1ccc(Cl)cc1N)CC(N)=O. The Balaban J connectivity index is 2.49. The molecule has 0 atom stereocenters. The first-order chi connectivity index (χ1) is 9.42. The summed E-state index contributed by atoms with van der Waals surface area (Å²) in [5, 5.41) is 3.22. The average molecular weight is 299 g/mol. The Morgan fingerprint density at radius 3 is 2.65 bits per heavy atom. The lowest BCUT2D eigenvalue weighted by atomic mass is 10.2. The van der Waals surface area contributed by atoms with Crippen molar-refractivity contribution in [1.29, 1.82) is 0 Å². The topological polar surface area (TPSA) is 101 Å². The Hall–Kier alpha value is -1.79. The first-order valence-electron chi connectivity index (χ1n) is 6.28. The van der Waals surface area contributed by atoms with E-state index in [0.29, 0.717) is 29.5 Å². The highest BCUT2D eigenvalue weighted by atomic mass is 35.5. The maximum atomic E-state index is 11.8. The monoisotopic (exact) mass is 298 g/mol. The van der Waals surface area contributed by atoms with E-state index in [9.17, 15) is 9.59 Å². The predicted octanol–water partition coefficient (Wildman–Crippen LogP) is 1.06. The molecule has 5 N–H and O–H groups in total. The fraction of sp³-hybridized carbons (Fsp3) is 0.385. The van der Waals surface area contributed by atoms with E-state index >= 15 is 0 Å². The number of likely N-dealkylation sites (N-methyl/N-ethyl adjacent to an activating group) is 1. The molecule has 0 aliphatic carbocycles. The largest absolute Gasteiger partial charge is 0.397 e. The lowest BCUT2D eigenvalue weighted by Gasteiger charge is -2.18. The molecule has 1 aromatic carbocycles. The number of rotatable bonds is 7. The fourth-order valence-corrected chi connectivity index (χ4v) is 1.87. The Labute approximate surface area is 123 Å². The third-order valence-electron chi connectivity index (χ3n) is 2.77. The first kappa shape index (κ1) is 16.3. The number of amides is 2. The first-order valence-corrected chi connectivity index (χ1v) is 6.65. The van der Waals surface area contributed by atoms with Crippen molar-refractivity contribution in [3.63, 3.8) is 0 Å². The van der Waals surface area contributed by atoms with E-state index in [1.54, 1.807) is 23.1 Å². The molecule has 2 amide bonds. The van der Waals surface area contributed by atoms with Crippen molar-refractivity contribution in [2.45, 2.75) is 13.3 Å². The van der Waals surface area contributed by atoms with Crippen LogP contribution in [0.15, 0.2) is 18.2 Å². The number of hydrogen-bond donors (Lipinski definition) is 3. The Kier molecular flexibility index (Phi) is 6.27. The van der Waals surface area contributed by atoms with Crippen LogP contribution in [0.4, 0.5) is 11.4 Å². The van der Waals surface area contributed by atoms with Gasteiger partial charge in [-0.25, -0.2) is 0 Å². The van der Waals surface area contributed by atoms with Crippen LogP contribution in [0.3, 0.4) is 0 Å². The molecular formula is C13H19ClN4O2. The maximum absolute atomic E-state index is 11.8. The van der Waals surface area contributed by atoms with Crippen molar-refractivity contribution in [1.82, 2.24) is 4.90 Å². The molecule has 0 fully saturated rings. The molecule has 0 saturated carbocycles. The Bertz CT molecular complexity index is 493. The van der Waals surface area contributed by atoms with E-state index in [1.807, 2.05) is 6.92 Å². The van der Waals surface area contributed by atoms with Gasteiger partial charge in [-0.05, 0) is 24.7 Å². The Morgan fingerprint density at radius 2 is 2.10 bits per heavy atom. The maximum Gasteiger partial charge on any atom is 0.231 e. The molecule has 110 valence electrons. The highest BCUT2D eigenvalue weighted by molar-refractivity contribution is 6.31. The van der Waals surface area contributed by atoms with Crippen LogP contribution in [0.2, 0.25) is 5.02 Å². The lowest BCUT2D eigenvalue weighted by molar-refractivity contribution is -0.120. The van der Waals surface area contributed by atoms with Crippen molar-refractivity contribution < 1.29 is 9.59 Å². The smallest absolute Gasteiger partial charge is 0.231 e. The molecule has 1 rings (SSSR count). The third kappa shape index (κ3) is 5.46. The van der Waals surface area contributed by atoms with Crippen LogP contribution < -0.4 is 16.8 Å². The van der Waals surface area contributed by atoms with Gasteiger partial charge in [-0.1, -0.05) is 18.5 Å². The van der Waals surface area contributed by atoms with Gasteiger partial charge in [0, 0.05) is 18.0 Å². The fourth-order valence-electron chi connectivity index (χ4n) is 1.69. The number of anilines is 2. The molecule has 0 radical (unpaired) electrons. The second kappa shape index (κ2) is 7.72. The van der Waals surface area contributed by atoms with Gasteiger partial charge in [0.05, 0.1) is 17.9 Å². The summed E-state index contributed by atoms with van der Waals surface area (Å²) in [4.78, 5) is 24.4. The van der Waals surface area contributed by atoms with Crippen LogP contribution in [0.1, 0.15) is 13.3 Å². The van der Waals surface area contributed by atoms with Crippen molar-refractivity contribution in [3.8, 4) is 0 Å². The summed E-state index contributed by atoms with van der Waals surface area (Å²) in [5.41, 5.74) is 11.8. The van der Waals surface area contributed by atoms with Gasteiger partial charge in [0.2, 0.25) is 11.8 Å². The normalized spacial score (nSPS) is 10.6. The average Bonchev–Trinajstić information content (AvgIpc) is 2.37. The standard InChI is InChI=1S/C13H19ClN4O2/c1-2-18(8-12(16)19)6-5-13(20)17-11-4-3-9(14)7-10(11)15/h3-4,7H,2,5-6,8,15H2,1H3,(H2,16,19)(H,17,20). The predicted molar refractivity (Wildman–Crippen MR) is 80.4 cm³/mol.